The van der Waals surface area contributed by atoms with E-state index in [4.69, 9.17) is 4.74 Å². The van der Waals surface area contributed by atoms with Crippen LogP contribution in [0.3, 0.4) is 0 Å². The van der Waals surface area contributed by atoms with Crippen molar-refractivity contribution in [1.29, 1.82) is 0 Å². The van der Waals surface area contributed by atoms with Crippen LogP contribution in [-0.2, 0) is 6.42 Å². The third-order valence-electron chi connectivity index (χ3n) is 3.77. The highest BCUT2D eigenvalue weighted by atomic mass is 79.9. The molecule has 0 fully saturated rings. The Bertz CT molecular complexity index is 704. The van der Waals surface area contributed by atoms with Gasteiger partial charge in [-0.2, -0.15) is 0 Å². The van der Waals surface area contributed by atoms with Crippen molar-refractivity contribution in [3.05, 3.63) is 64.1 Å². The summed E-state index contributed by atoms with van der Waals surface area (Å²) in [5.41, 5.74) is 2.30. The maximum Gasteiger partial charge on any atom is 0.317 e. The van der Waals surface area contributed by atoms with Gasteiger partial charge in [-0.1, -0.05) is 60.1 Å². The van der Waals surface area contributed by atoms with Crippen molar-refractivity contribution in [3.8, 4) is 5.75 Å². The van der Waals surface area contributed by atoms with Gasteiger partial charge in [0.25, 0.3) is 0 Å². The number of carbonyl (C=O) groups is 1. The minimum absolute atomic E-state index is 0.232. The second kappa shape index (κ2) is 9.47. The van der Waals surface area contributed by atoms with E-state index in [0.717, 1.165) is 22.2 Å². The number of urea groups is 1. The molecule has 0 aromatic heterocycles. The normalized spacial score (nSPS) is 11.9. The van der Waals surface area contributed by atoms with Crippen molar-refractivity contribution in [2.75, 3.05) is 6.54 Å². The predicted molar refractivity (Wildman–Crippen MR) is 105 cm³/mol. The predicted octanol–water partition coefficient (Wildman–Crippen LogP) is 4.84. The van der Waals surface area contributed by atoms with E-state index < -0.39 is 6.23 Å². The molecule has 0 heterocycles. The molecule has 0 bridgehead atoms. The Morgan fingerprint density at radius 3 is 2.60 bits per heavy atom. The Labute approximate surface area is 158 Å². The van der Waals surface area contributed by atoms with Crippen LogP contribution in [0, 0.1) is 0 Å². The van der Waals surface area contributed by atoms with Crippen LogP contribution in [0.5, 0.6) is 5.75 Å². The summed E-state index contributed by atoms with van der Waals surface area (Å²) in [5, 5.41) is 5.67. The summed E-state index contributed by atoms with van der Waals surface area (Å²) in [6, 6.07) is 15.7. The van der Waals surface area contributed by atoms with Crippen molar-refractivity contribution < 1.29 is 9.53 Å². The maximum absolute atomic E-state index is 12.0. The van der Waals surface area contributed by atoms with E-state index in [-0.39, 0.29) is 6.03 Å². The van der Waals surface area contributed by atoms with Gasteiger partial charge in [0.15, 0.2) is 6.23 Å². The number of hydrogen-bond acceptors (Lipinski definition) is 2. The summed E-state index contributed by atoms with van der Waals surface area (Å²) in [5.74, 6) is 1.17. The van der Waals surface area contributed by atoms with Gasteiger partial charge < -0.3 is 15.4 Å². The van der Waals surface area contributed by atoms with E-state index in [2.05, 4.69) is 40.4 Å². The van der Waals surface area contributed by atoms with E-state index in [1.165, 1.54) is 5.56 Å². The van der Waals surface area contributed by atoms with E-state index in [0.29, 0.717) is 12.5 Å². The molecule has 2 aromatic rings. The zero-order valence-corrected chi connectivity index (χ0v) is 16.5. The number of ether oxygens (including phenoxy) is 1. The standard InChI is InChI=1S/C20H25BrN2O2/c1-14(2)18-9-4-5-10-19(18)25-15(3)23-20(24)22-12-11-16-7-6-8-17(21)13-16/h4-10,13-15H,11-12H2,1-3H3,(H2,22,23,24). The van der Waals surface area contributed by atoms with E-state index >= 15 is 0 Å². The highest BCUT2D eigenvalue weighted by Crippen LogP contribution is 2.26. The van der Waals surface area contributed by atoms with Crippen LogP contribution < -0.4 is 15.4 Å². The van der Waals surface area contributed by atoms with Gasteiger partial charge in [-0.25, -0.2) is 4.79 Å². The summed E-state index contributed by atoms with van der Waals surface area (Å²) in [6.45, 7) is 6.63. The monoisotopic (exact) mass is 404 g/mol. The third kappa shape index (κ3) is 6.42. The lowest BCUT2D eigenvalue weighted by Gasteiger charge is -2.20. The maximum atomic E-state index is 12.0. The average molecular weight is 405 g/mol. The highest BCUT2D eigenvalue weighted by molar-refractivity contribution is 9.10. The van der Waals surface area contributed by atoms with Crippen molar-refractivity contribution in [2.24, 2.45) is 0 Å². The fraction of sp³-hybridized carbons (Fsp3) is 0.350. The second-order valence-corrected chi connectivity index (χ2v) is 7.15. The number of hydrogen-bond donors (Lipinski definition) is 2. The van der Waals surface area contributed by atoms with Gasteiger partial charge in [0.2, 0.25) is 0 Å². The summed E-state index contributed by atoms with van der Waals surface area (Å²) in [4.78, 5) is 12.0. The number of carbonyl (C=O) groups excluding carboxylic acids is 1. The topological polar surface area (TPSA) is 50.4 Å². The number of benzene rings is 2. The first-order valence-corrected chi connectivity index (χ1v) is 9.29. The summed E-state index contributed by atoms with van der Waals surface area (Å²) >= 11 is 3.45. The number of nitrogens with one attached hydrogen (secondary N) is 2. The lowest BCUT2D eigenvalue weighted by atomic mass is 10.0. The summed E-state index contributed by atoms with van der Waals surface area (Å²) < 4.78 is 6.92. The zero-order valence-electron chi connectivity index (χ0n) is 14.9. The lowest BCUT2D eigenvalue weighted by Crippen LogP contribution is -2.44. The first-order valence-electron chi connectivity index (χ1n) is 8.50. The zero-order chi connectivity index (χ0) is 18.2. The largest absolute Gasteiger partial charge is 0.471 e. The molecule has 2 rings (SSSR count). The van der Waals surface area contributed by atoms with Crippen molar-refractivity contribution in [2.45, 2.75) is 39.3 Å². The Morgan fingerprint density at radius 1 is 1.12 bits per heavy atom. The molecule has 1 atom stereocenters. The number of rotatable bonds is 7. The minimum Gasteiger partial charge on any atom is -0.471 e. The summed E-state index contributed by atoms with van der Waals surface area (Å²) in [7, 11) is 0. The van der Waals surface area contributed by atoms with Crippen LogP contribution >= 0.6 is 15.9 Å². The van der Waals surface area contributed by atoms with Gasteiger partial charge in [0, 0.05) is 11.0 Å². The fourth-order valence-corrected chi connectivity index (χ4v) is 2.98. The quantitative estimate of drug-likeness (QED) is 0.648. The number of halogens is 1. The molecule has 0 aliphatic carbocycles. The molecule has 0 aliphatic rings. The molecule has 2 N–H and O–H groups in total. The van der Waals surface area contributed by atoms with Gasteiger partial charge >= 0.3 is 6.03 Å². The first kappa shape index (κ1) is 19.3. The van der Waals surface area contributed by atoms with E-state index in [1.54, 1.807) is 0 Å². The molecule has 0 saturated heterocycles. The van der Waals surface area contributed by atoms with Crippen LogP contribution in [0.25, 0.3) is 0 Å². The Kier molecular flexibility index (Phi) is 7.31. The SMILES string of the molecule is CC(NC(=O)NCCc1cccc(Br)c1)Oc1ccccc1C(C)C. The van der Waals surface area contributed by atoms with Crippen LogP contribution in [-0.4, -0.2) is 18.8 Å². The van der Waals surface area contributed by atoms with Crippen molar-refractivity contribution >= 4 is 22.0 Å². The Balaban J connectivity index is 1.78. The number of para-hydroxylation sites is 1. The smallest absolute Gasteiger partial charge is 0.317 e. The molecule has 0 radical (unpaired) electrons. The molecular weight excluding hydrogens is 380 g/mol. The molecule has 2 aromatic carbocycles. The highest BCUT2D eigenvalue weighted by Gasteiger charge is 2.12. The van der Waals surface area contributed by atoms with Crippen LogP contribution in [0.15, 0.2) is 53.0 Å². The lowest BCUT2D eigenvalue weighted by molar-refractivity contribution is 0.175. The molecular formula is C20H25BrN2O2. The Hall–Kier alpha value is -2.01. The van der Waals surface area contributed by atoms with Crippen molar-refractivity contribution in [1.82, 2.24) is 10.6 Å². The molecule has 4 nitrogen and oxygen atoms in total. The van der Waals surface area contributed by atoms with Gasteiger partial charge in [0.1, 0.15) is 5.75 Å². The fourth-order valence-electron chi connectivity index (χ4n) is 2.53. The van der Waals surface area contributed by atoms with Crippen molar-refractivity contribution in [3.63, 3.8) is 0 Å². The number of amides is 2. The molecule has 1 unspecified atom stereocenters. The van der Waals surface area contributed by atoms with Crippen LogP contribution in [0.4, 0.5) is 4.79 Å². The minimum atomic E-state index is -0.411. The molecule has 0 aliphatic heterocycles. The van der Waals surface area contributed by atoms with Gasteiger partial charge in [-0.3, -0.25) is 0 Å². The molecule has 0 spiro atoms. The van der Waals surface area contributed by atoms with Crippen LogP contribution in [0.1, 0.15) is 37.8 Å². The van der Waals surface area contributed by atoms with Crippen LogP contribution in [0.2, 0.25) is 0 Å². The molecule has 134 valence electrons. The molecule has 25 heavy (non-hydrogen) atoms. The third-order valence-corrected chi connectivity index (χ3v) is 4.26. The van der Waals surface area contributed by atoms with Gasteiger partial charge in [0.05, 0.1) is 0 Å². The van der Waals surface area contributed by atoms with Gasteiger partial charge in [-0.05, 0) is 48.6 Å². The second-order valence-electron chi connectivity index (χ2n) is 6.23. The van der Waals surface area contributed by atoms with E-state index in [9.17, 15) is 4.79 Å². The first-order chi connectivity index (χ1) is 12.0. The molecule has 0 saturated carbocycles. The molecule has 2 amide bonds. The average Bonchev–Trinajstić information content (AvgIpc) is 2.55. The molecule has 5 heteroatoms. The van der Waals surface area contributed by atoms with E-state index in [1.807, 2.05) is 55.5 Å². The van der Waals surface area contributed by atoms with Gasteiger partial charge in [-0.15, -0.1) is 0 Å². The Morgan fingerprint density at radius 2 is 1.88 bits per heavy atom. The summed E-state index contributed by atoms with van der Waals surface area (Å²) in [6.07, 6.45) is 0.365.